The van der Waals surface area contributed by atoms with Crippen molar-refractivity contribution in [3.05, 3.63) is 12.3 Å². The van der Waals surface area contributed by atoms with Gasteiger partial charge in [-0.05, 0) is 12.6 Å². The lowest BCUT2D eigenvalue weighted by molar-refractivity contribution is 0.277. The summed E-state index contributed by atoms with van der Waals surface area (Å²) in [6.07, 6.45) is 2.45. The van der Waals surface area contributed by atoms with Crippen LogP contribution in [0, 0.1) is 11.3 Å². The number of nitrogens with two attached hydrogens (primary N) is 1. The average Bonchev–Trinajstić information content (AvgIpc) is 2.65. The number of rotatable bonds is 6. The summed E-state index contributed by atoms with van der Waals surface area (Å²) in [6.45, 7) is 5.59. The van der Waals surface area contributed by atoms with Gasteiger partial charge in [-0.15, -0.1) is 0 Å². The molecule has 0 saturated heterocycles. The van der Waals surface area contributed by atoms with E-state index in [2.05, 4.69) is 23.0 Å². The first-order valence-electron chi connectivity index (χ1n) is 5.14. The van der Waals surface area contributed by atoms with Crippen LogP contribution in [0.1, 0.15) is 13.3 Å². The lowest BCUT2D eigenvalue weighted by Crippen LogP contribution is -2.28. The molecule has 0 atom stereocenters. The Morgan fingerprint density at radius 1 is 1.60 bits per heavy atom. The number of aromatic nitrogens is 2. The Balaban J connectivity index is 2.31. The summed E-state index contributed by atoms with van der Waals surface area (Å²) in [5, 5.41) is 12.6. The van der Waals surface area contributed by atoms with E-state index >= 15 is 0 Å². The van der Waals surface area contributed by atoms with Crippen LogP contribution in [0.2, 0.25) is 0 Å². The van der Waals surface area contributed by atoms with E-state index in [-0.39, 0.29) is 0 Å². The second-order valence-electron chi connectivity index (χ2n) is 3.35. The quantitative estimate of drug-likeness (QED) is 0.745. The van der Waals surface area contributed by atoms with Gasteiger partial charge in [0.1, 0.15) is 5.82 Å². The third-order valence-electron chi connectivity index (χ3n) is 2.29. The van der Waals surface area contributed by atoms with Crippen LogP contribution in [0.3, 0.4) is 0 Å². The van der Waals surface area contributed by atoms with Crippen LogP contribution in [0.4, 0.5) is 5.82 Å². The van der Waals surface area contributed by atoms with Gasteiger partial charge in [0, 0.05) is 25.7 Å². The minimum atomic E-state index is 0.551. The topological polar surface area (TPSA) is 70.9 Å². The van der Waals surface area contributed by atoms with Crippen molar-refractivity contribution in [1.82, 2.24) is 14.7 Å². The maximum absolute atomic E-state index is 8.49. The maximum Gasteiger partial charge on any atom is 0.145 e. The normalized spacial score (nSPS) is 10.5. The van der Waals surface area contributed by atoms with Crippen LogP contribution < -0.4 is 5.73 Å². The number of nitrogen functional groups attached to an aromatic ring is 1. The molecule has 1 aromatic heterocycles. The van der Waals surface area contributed by atoms with E-state index < -0.39 is 0 Å². The first kappa shape index (κ1) is 11.5. The van der Waals surface area contributed by atoms with E-state index in [9.17, 15) is 0 Å². The third kappa shape index (κ3) is 4.00. The molecule has 0 saturated carbocycles. The van der Waals surface area contributed by atoms with E-state index in [0.29, 0.717) is 12.2 Å². The van der Waals surface area contributed by atoms with Gasteiger partial charge in [-0.25, -0.2) is 0 Å². The van der Waals surface area contributed by atoms with E-state index in [0.717, 1.165) is 26.2 Å². The highest BCUT2D eigenvalue weighted by Gasteiger charge is 2.02. The molecular weight excluding hydrogens is 190 g/mol. The predicted octanol–water partition coefficient (Wildman–Crippen LogP) is 0.701. The van der Waals surface area contributed by atoms with Gasteiger partial charge in [0.25, 0.3) is 0 Å². The van der Waals surface area contributed by atoms with Gasteiger partial charge < -0.3 is 10.6 Å². The summed E-state index contributed by atoms with van der Waals surface area (Å²) >= 11 is 0. The molecule has 1 heterocycles. The minimum Gasteiger partial charge on any atom is -0.382 e. The van der Waals surface area contributed by atoms with Crippen molar-refractivity contribution >= 4 is 5.82 Å². The lowest BCUT2D eigenvalue weighted by Gasteiger charge is -2.18. The monoisotopic (exact) mass is 207 g/mol. The van der Waals surface area contributed by atoms with Crippen LogP contribution >= 0.6 is 0 Å². The smallest absolute Gasteiger partial charge is 0.145 e. The maximum atomic E-state index is 8.49. The van der Waals surface area contributed by atoms with Crippen molar-refractivity contribution < 1.29 is 0 Å². The fraction of sp³-hybridized carbons (Fsp3) is 0.600. The van der Waals surface area contributed by atoms with Crippen LogP contribution in [0.25, 0.3) is 0 Å². The Hall–Kier alpha value is -1.54. The molecule has 0 radical (unpaired) electrons. The predicted molar refractivity (Wildman–Crippen MR) is 59.0 cm³/mol. The van der Waals surface area contributed by atoms with Crippen molar-refractivity contribution in [3.63, 3.8) is 0 Å². The molecule has 0 amide bonds. The highest BCUT2D eigenvalue weighted by molar-refractivity contribution is 5.23. The van der Waals surface area contributed by atoms with Crippen molar-refractivity contribution in [2.75, 3.05) is 25.4 Å². The highest BCUT2D eigenvalue weighted by atomic mass is 15.3. The molecule has 82 valence electrons. The zero-order chi connectivity index (χ0) is 11.1. The van der Waals surface area contributed by atoms with Crippen LogP contribution in [-0.2, 0) is 6.54 Å². The summed E-state index contributed by atoms with van der Waals surface area (Å²) in [5.74, 6) is 0.551. The molecule has 0 aliphatic carbocycles. The van der Waals surface area contributed by atoms with E-state index in [1.165, 1.54) is 0 Å². The summed E-state index contributed by atoms with van der Waals surface area (Å²) in [5.41, 5.74) is 5.51. The Bertz CT molecular complexity index is 325. The first-order valence-corrected chi connectivity index (χ1v) is 5.14. The Morgan fingerprint density at radius 3 is 2.93 bits per heavy atom. The molecule has 0 spiro atoms. The van der Waals surface area contributed by atoms with Gasteiger partial charge >= 0.3 is 0 Å². The molecule has 0 bridgehead atoms. The molecule has 5 heteroatoms. The van der Waals surface area contributed by atoms with E-state index in [4.69, 9.17) is 11.0 Å². The SMILES string of the molecule is CCN(CCC#N)CCn1ccc(N)n1. The molecule has 0 aliphatic rings. The second-order valence-corrected chi connectivity index (χ2v) is 3.35. The fourth-order valence-electron chi connectivity index (χ4n) is 1.38. The van der Waals surface area contributed by atoms with Gasteiger partial charge in [0.15, 0.2) is 0 Å². The molecule has 0 aliphatic heterocycles. The highest BCUT2D eigenvalue weighted by Crippen LogP contribution is 1.97. The number of hydrogen-bond acceptors (Lipinski definition) is 4. The Kier molecular flexibility index (Phi) is 4.64. The Labute approximate surface area is 90.1 Å². The van der Waals surface area contributed by atoms with Crippen molar-refractivity contribution in [3.8, 4) is 6.07 Å². The van der Waals surface area contributed by atoms with Crippen LogP contribution in [-0.4, -0.2) is 34.3 Å². The van der Waals surface area contributed by atoms with Crippen LogP contribution in [0.15, 0.2) is 12.3 Å². The summed E-state index contributed by atoms with van der Waals surface area (Å²) < 4.78 is 1.82. The van der Waals surface area contributed by atoms with Crippen molar-refractivity contribution in [2.24, 2.45) is 0 Å². The molecule has 2 N–H and O–H groups in total. The molecule has 0 fully saturated rings. The number of likely N-dealkylation sites (N-methyl/N-ethyl adjacent to an activating group) is 1. The average molecular weight is 207 g/mol. The lowest BCUT2D eigenvalue weighted by atomic mass is 10.4. The van der Waals surface area contributed by atoms with Gasteiger partial charge in [-0.3, -0.25) is 4.68 Å². The molecule has 1 aromatic rings. The standard InChI is InChI=1S/C10H17N5/c1-2-14(6-3-5-11)8-9-15-7-4-10(12)13-15/h4,7H,2-3,6,8-9H2,1H3,(H2,12,13). The molecule has 0 aromatic carbocycles. The zero-order valence-corrected chi connectivity index (χ0v) is 9.06. The number of nitrogens with zero attached hydrogens (tertiary/aromatic N) is 4. The van der Waals surface area contributed by atoms with Gasteiger partial charge in [-0.2, -0.15) is 10.4 Å². The van der Waals surface area contributed by atoms with E-state index in [1.807, 2.05) is 10.9 Å². The van der Waals surface area contributed by atoms with Gasteiger partial charge in [0.05, 0.1) is 12.6 Å². The van der Waals surface area contributed by atoms with Gasteiger partial charge in [-0.1, -0.05) is 6.92 Å². The number of nitriles is 1. The number of anilines is 1. The second kappa shape index (κ2) is 6.04. The minimum absolute atomic E-state index is 0.551. The molecular formula is C10H17N5. The fourth-order valence-corrected chi connectivity index (χ4v) is 1.38. The van der Waals surface area contributed by atoms with Crippen molar-refractivity contribution in [2.45, 2.75) is 19.9 Å². The molecule has 1 rings (SSSR count). The summed E-state index contributed by atoms with van der Waals surface area (Å²) in [7, 11) is 0. The van der Waals surface area contributed by atoms with Crippen LogP contribution in [0.5, 0.6) is 0 Å². The Morgan fingerprint density at radius 2 is 2.40 bits per heavy atom. The van der Waals surface area contributed by atoms with E-state index in [1.54, 1.807) is 6.07 Å². The number of hydrogen-bond donors (Lipinski definition) is 1. The molecule has 5 nitrogen and oxygen atoms in total. The van der Waals surface area contributed by atoms with Gasteiger partial charge in [0.2, 0.25) is 0 Å². The summed E-state index contributed by atoms with van der Waals surface area (Å²) in [4.78, 5) is 2.22. The summed E-state index contributed by atoms with van der Waals surface area (Å²) in [6, 6.07) is 3.93. The largest absolute Gasteiger partial charge is 0.382 e. The third-order valence-corrected chi connectivity index (χ3v) is 2.29. The molecule has 0 unspecified atom stereocenters. The van der Waals surface area contributed by atoms with Crippen molar-refractivity contribution in [1.29, 1.82) is 5.26 Å². The first-order chi connectivity index (χ1) is 7.26. The zero-order valence-electron chi connectivity index (χ0n) is 9.06. The molecule has 15 heavy (non-hydrogen) atoms.